The number of nitrogens with one attached hydrogen (secondary N) is 2. The Morgan fingerprint density at radius 3 is 1.50 bits per heavy atom. The van der Waals surface area contributed by atoms with E-state index in [4.69, 9.17) is 0 Å². The number of carbonyl (C=O) groups is 2. The molecule has 0 bridgehead atoms. The van der Waals surface area contributed by atoms with Crippen LogP contribution in [-0.2, 0) is 9.59 Å². The van der Waals surface area contributed by atoms with Crippen molar-refractivity contribution < 1.29 is 9.59 Å². The largest absolute Gasteiger partial charge is 0.325 e. The number of hydrogen-bond acceptors (Lipinski definition) is 2. The van der Waals surface area contributed by atoms with E-state index in [-0.39, 0.29) is 11.8 Å². The Morgan fingerprint density at radius 1 is 0.769 bits per heavy atom. The minimum absolute atomic E-state index is 0.000225. The van der Waals surface area contributed by atoms with Crippen molar-refractivity contribution in [2.45, 2.75) is 52.4 Å². The van der Waals surface area contributed by atoms with E-state index in [0.717, 1.165) is 56.8 Å². The van der Waals surface area contributed by atoms with Gasteiger partial charge in [0, 0.05) is 43.9 Å². The highest BCUT2D eigenvalue weighted by molar-refractivity contribution is 9.11. The van der Waals surface area contributed by atoms with Gasteiger partial charge in [0.25, 0.3) is 0 Å². The molecule has 6 heteroatoms. The van der Waals surface area contributed by atoms with Crippen LogP contribution < -0.4 is 10.6 Å². The molecule has 0 atom stereocenters. The van der Waals surface area contributed by atoms with Crippen LogP contribution in [0.5, 0.6) is 0 Å². The fourth-order valence-corrected chi connectivity index (χ4v) is 3.81. The summed E-state index contributed by atoms with van der Waals surface area (Å²) < 4.78 is 1.73. The molecule has 4 nitrogen and oxygen atoms in total. The van der Waals surface area contributed by atoms with E-state index in [1.807, 2.05) is 24.3 Å². The second-order valence-corrected chi connectivity index (χ2v) is 7.95. The molecule has 0 aliphatic heterocycles. The van der Waals surface area contributed by atoms with Gasteiger partial charge in [-0.25, -0.2) is 0 Å². The van der Waals surface area contributed by atoms with Crippen molar-refractivity contribution in [2.75, 3.05) is 10.6 Å². The van der Waals surface area contributed by atoms with Crippen molar-refractivity contribution in [1.29, 1.82) is 0 Å². The summed E-state index contributed by atoms with van der Waals surface area (Å²) >= 11 is 7.16. The molecular formula is C20H24Br2N2O2. The summed E-state index contributed by atoms with van der Waals surface area (Å²) in [4.78, 5) is 24.4. The van der Waals surface area contributed by atoms with Gasteiger partial charge in [0.15, 0.2) is 0 Å². The van der Waals surface area contributed by atoms with Gasteiger partial charge < -0.3 is 10.6 Å². The smallest absolute Gasteiger partial charge is 0.224 e. The quantitative estimate of drug-likeness (QED) is 0.443. The fourth-order valence-electron chi connectivity index (χ4n) is 2.72. The second-order valence-electron chi connectivity index (χ2n) is 6.24. The first kappa shape index (κ1) is 20.9. The molecule has 2 aromatic rings. The van der Waals surface area contributed by atoms with E-state index >= 15 is 0 Å². The third-order valence-corrected chi connectivity index (χ3v) is 5.44. The molecular weight excluding hydrogens is 460 g/mol. The molecule has 0 saturated carbocycles. The average molecular weight is 484 g/mol. The number of amides is 2. The minimum atomic E-state index is -0.000225. The maximum Gasteiger partial charge on any atom is 0.224 e. The van der Waals surface area contributed by atoms with Crippen LogP contribution in [-0.4, -0.2) is 11.8 Å². The topological polar surface area (TPSA) is 58.2 Å². The zero-order valence-corrected chi connectivity index (χ0v) is 18.3. The average Bonchev–Trinajstić information content (AvgIpc) is 2.62. The lowest BCUT2D eigenvalue weighted by molar-refractivity contribution is -0.117. The van der Waals surface area contributed by atoms with Crippen LogP contribution >= 0.6 is 31.9 Å². The van der Waals surface area contributed by atoms with E-state index in [1.54, 1.807) is 0 Å². The summed E-state index contributed by atoms with van der Waals surface area (Å²) in [6.45, 7) is 4.12. The van der Waals surface area contributed by atoms with Crippen LogP contribution in [0.25, 0.3) is 10.8 Å². The summed E-state index contributed by atoms with van der Waals surface area (Å²) in [5.41, 5.74) is 1.47. The van der Waals surface area contributed by atoms with Gasteiger partial charge in [-0.15, -0.1) is 0 Å². The number of carbonyl (C=O) groups excluding carboxylic acids is 2. The maximum atomic E-state index is 12.2. The summed E-state index contributed by atoms with van der Waals surface area (Å²) in [6, 6.07) is 7.55. The number of rotatable bonds is 8. The molecule has 2 amide bonds. The van der Waals surface area contributed by atoms with Crippen molar-refractivity contribution in [3.8, 4) is 0 Å². The number of fused-ring (bicyclic) bond motifs is 1. The highest BCUT2D eigenvalue weighted by atomic mass is 79.9. The van der Waals surface area contributed by atoms with Crippen LogP contribution in [0, 0.1) is 0 Å². The monoisotopic (exact) mass is 482 g/mol. The molecule has 0 aliphatic carbocycles. The van der Waals surface area contributed by atoms with Gasteiger partial charge in [-0.2, -0.15) is 0 Å². The summed E-state index contributed by atoms with van der Waals surface area (Å²) in [5.74, 6) is -0.000450. The Hall–Kier alpha value is -1.40. The first-order valence-electron chi connectivity index (χ1n) is 8.98. The van der Waals surface area contributed by atoms with Crippen LogP contribution in [0.1, 0.15) is 52.4 Å². The second kappa shape index (κ2) is 10.1. The third-order valence-electron chi connectivity index (χ3n) is 4.12. The van der Waals surface area contributed by atoms with Crippen molar-refractivity contribution in [1.82, 2.24) is 0 Å². The van der Waals surface area contributed by atoms with E-state index in [2.05, 4.69) is 56.3 Å². The number of anilines is 2. The predicted octanol–water partition coefficient (Wildman–Crippen LogP) is 6.62. The van der Waals surface area contributed by atoms with Crippen LogP contribution in [0.15, 0.2) is 33.2 Å². The molecule has 0 aromatic heterocycles. The molecule has 2 rings (SSSR count). The van der Waals surface area contributed by atoms with Crippen molar-refractivity contribution >= 4 is 65.8 Å². The number of benzene rings is 2. The Kier molecular flexibility index (Phi) is 8.10. The van der Waals surface area contributed by atoms with Gasteiger partial charge in [0.2, 0.25) is 11.8 Å². The third kappa shape index (κ3) is 5.30. The predicted molar refractivity (Wildman–Crippen MR) is 116 cm³/mol. The van der Waals surface area contributed by atoms with Gasteiger partial charge in [-0.3, -0.25) is 9.59 Å². The van der Waals surface area contributed by atoms with Crippen LogP contribution in [0.3, 0.4) is 0 Å². The van der Waals surface area contributed by atoms with Gasteiger partial charge in [0.1, 0.15) is 0 Å². The highest BCUT2D eigenvalue weighted by Gasteiger charge is 2.15. The lowest BCUT2D eigenvalue weighted by Crippen LogP contribution is -2.13. The summed E-state index contributed by atoms with van der Waals surface area (Å²) in [7, 11) is 0. The van der Waals surface area contributed by atoms with E-state index in [0.29, 0.717) is 12.8 Å². The molecule has 0 fully saturated rings. The van der Waals surface area contributed by atoms with Crippen molar-refractivity contribution in [3.05, 3.63) is 33.2 Å². The van der Waals surface area contributed by atoms with Crippen LogP contribution in [0.2, 0.25) is 0 Å². The Labute approximate surface area is 171 Å². The lowest BCUT2D eigenvalue weighted by atomic mass is 10.1. The van der Waals surface area contributed by atoms with E-state index < -0.39 is 0 Å². The first-order valence-corrected chi connectivity index (χ1v) is 10.6. The Bertz CT molecular complexity index is 739. The Morgan fingerprint density at radius 2 is 1.15 bits per heavy atom. The molecule has 2 N–H and O–H groups in total. The molecule has 140 valence electrons. The SMILES string of the molecule is CCCCC(=O)Nc1ccc(Br)c2c(NC(=O)CCCC)ccc(Br)c12. The molecule has 2 aromatic carbocycles. The van der Waals surface area contributed by atoms with Crippen LogP contribution in [0.4, 0.5) is 11.4 Å². The Balaban J connectivity index is 2.41. The van der Waals surface area contributed by atoms with Crippen molar-refractivity contribution in [3.63, 3.8) is 0 Å². The summed E-state index contributed by atoms with van der Waals surface area (Å²) in [5, 5.41) is 7.75. The van der Waals surface area contributed by atoms with E-state index in [9.17, 15) is 9.59 Å². The standard InChI is InChI=1S/C20H24Br2N2O2/c1-3-5-7-17(25)23-15-11-9-14(22)20-16(12-10-13(21)19(15)20)24-18(26)8-6-4-2/h9-12H,3-8H2,1-2H3,(H,23,25)(H,24,26). The summed E-state index contributed by atoms with van der Waals surface area (Å²) in [6.07, 6.45) is 4.68. The minimum Gasteiger partial charge on any atom is -0.325 e. The lowest BCUT2D eigenvalue weighted by Gasteiger charge is -2.15. The molecule has 0 spiro atoms. The number of halogens is 2. The van der Waals surface area contributed by atoms with Crippen molar-refractivity contribution in [2.24, 2.45) is 0 Å². The highest BCUT2D eigenvalue weighted by Crippen LogP contribution is 2.40. The zero-order valence-electron chi connectivity index (χ0n) is 15.1. The molecule has 0 unspecified atom stereocenters. The van der Waals surface area contributed by atoms with Gasteiger partial charge >= 0.3 is 0 Å². The molecule has 26 heavy (non-hydrogen) atoms. The normalized spacial score (nSPS) is 10.8. The maximum absolute atomic E-state index is 12.2. The van der Waals surface area contributed by atoms with Gasteiger partial charge in [-0.1, -0.05) is 58.5 Å². The molecule has 0 radical (unpaired) electrons. The first-order chi connectivity index (χ1) is 12.5. The molecule has 0 heterocycles. The van der Waals surface area contributed by atoms with Gasteiger partial charge in [0.05, 0.1) is 0 Å². The molecule has 0 aliphatic rings. The number of hydrogen-bond donors (Lipinski definition) is 2. The zero-order chi connectivity index (χ0) is 19.1. The number of unbranched alkanes of at least 4 members (excludes halogenated alkanes) is 2. The molecule has 0 saturated heterocycles. The van der Waals surface area contributed by atoms with E-state index in [1.165, 1.54) is 0 Å². The fraction of sp³-hybridized carbons (Fsp3) is 0.400. The van der Waals surface area contributed by atoms with Gasteiger partial charge in [-0.05, 0) is 37.1 Å².